The average Bonchev–Trinajstić information content (AvgIpc) is 4.00. The van der Waals surface area contributed by atoms with Crippen molar-refractivity contribution in [2.24, 2.45) is 35.5 Å². The Morgan fingerprint density at radius 2 is 0.857 bits per heavy atom. The number of amides is 1. The quantitative estimate of drug-likeness (QED) is 0.132. The number of ketones is 2. The zero-order valence-electron chi connectivity index (χ0n) is 44.0. The molecule has 3 saturated heterocycles. The number of hydrogen-bond donors (Lipinski definition) is 1. The minimum Gasteiger partial charge on any atom is -0.466 e. The van der Waals surface area contributed by atoms with Gasteiger partial charge in [-0.25, -0.2) is 14.4 Å². The number of carbonyl (C=O) groups is 9. The fourth-order valence-electron chi connectivity index (χ4n) is 7.22. The molecule has 0 bridgehead atoms. The lowest BCUT2D eigenvalue weighted by atomic mass is 9.90. The molecule has 3 aliphatic rings. The lowest BCUT2D eigenvalue weighted by Crippen LogP contribution is -2.36. The zero-order valence-corrected chi connectivity index (χ0v) is 44.0. The largest absolute Gasteiger partial charge is 0.519 e. The Bertz CT molecular complexity index is 1800. The topological polar surface area (TPSA) is 246 Å². The maximum atomic E-state index is 12.1. The molecule has 6 atom stereocenters. The van der Waals surface area contributed by atoms with Crippen molar-refractivity contribution in [3.05, 3.63) is 35.9 Å². The number of ether oxygens (including phenoxy) is 8. The first-order valence-electron chi connectivity index (χ1n) is 23.7. The molecule has 20 heteroatoms. The minimum atomic E-state index is -1.06. The molecular formula is C50H81N3O17. The number of likely N-dealkylation sites (tertiary alicyclic amines) is 2. The predicted molar refractivity (Wildman–Crippen MR) is 257 cm³/mol. The van der Waals surface area contributed by atoms with Crippen LogP contribution in [0.4, 0.5) is 14.4 Å². The van der Waals surface area contributed by atoms with Gasteiger partial charge >= 0.3 is 42.3 Å². The lowest BCUT2D eigenvalue weighted by Gasteiger charge is -2.24. The van der Waals surface area contributed by atoms with Gasteiger partial charge in [0.05, 0.1) is 50.1 Å². The summed E-state index contributed by atoms with van der Waals surface area (Å²) in [4.78, 5) is 108. The van der Waals surface area contributed by atoms with Gasteiger partial charge in [0.1, 0.15) is 28.4 Å². The second-order valence-electron chi connectivity index (χ2n) is 19.6. The molecule has 0 radical (unpaired) electrons. The third kappa shape index (κ3) is 23.8. The van der Waals surface area contributed by atoms with Gasteiger partial charge < -0.3 is 48.1 Å². The summed E-state index contributed by atoms with van der Waals surface area (Å²) in [5.41, 5.74) is -0.801. The number of nitrogens with one attached hydrogen (secondary N) is 1. The van der Waals surface area contributed by atoms with Crippen LogP contribution in [0.15, 0.2) is 30.3 Å². The van der Waals surface area contributed by atoms with Crippen LogP contribution in [-0.4, -0.2) is 146 Å². The summed E-state index contributed by atoms with van der Waals surface area (Å²) < 4.78 is 39.1. The van der Waals surface area contributed by atoms with Gasteiger partial charge in [-0.3, -0.25) is 33.7 Å². The minimum absolute atomic E-state index is 0. The van der Waals surface area contributed by atoms with Crippen LogP contribution in [0.5, 0.6) is 0 Å². The zero-order chi connectivity index (χ0) is 53.6. The molecule has 1 aromatic carbocycles. The summed E-state index contributed by atoms with van der Waals surface area (Å²) in [5.74, 6) is -3.83. The van der Waals surface area contributed by atoms with E-state index in [-0.39, 0.29) is 50.0 Å². The van der Waals surface area contributed by atoms with Gasteiger partial charge in [-0.2, -0.15) is 0 Å². The molecule has 0 aromatic heterocycles. The van der Waals surface area contributed by atoms with Crippen molar-refractivity contribution < 1.29 is 82.5 Å². The molecule has 398 valence electrons. The Kier molecular flexibility index (Phi) is 26.3. The van der Waals surface area contributed by atoms with Gasteiger partial charge in [0.15, 0.2) is 0 Å². The van der Waals surface area contributed by atoms with Gasteiger partial charge in [-0.1, -0.05) is 30.3 Å². The van der Waals surface area contributed by atoms with Crippen LogP contribution in [-0.2, 0) is 73.2 Å². The molecule has 3 aliphatic heterocycles. The molecule has 70 heavy (non-hydrogen) atoms. The van der Waals surface area contributed by atoms with E-state index in [0.29, 0.717) is 59.2 Å². The second-order valence-corrected chi connectivity index (χ2v) is 19.6. The van der Waals surface area contributed by atoms with Crippen molar-refractivity contribution in [3.8, 4) is 0 Å². The fourth-order valence-corrected chi connectivity index (χ4v) is 7.22. The summed E-state index contributed by atoms with van der Waals surface area (Å²) in [7, 11) is 0. The van der Waals surface area contributed by atoms with E-state index in [1.54, 1.807) is 90.0 Å². The standard InChI is InChI=1S/C17H23NO4.C13H21NO4.C10H17NO4.C10H18O5.H2/c1-3-21-16(19)14-11-18(10-13-8-6-5-7-9-13)12-15(14)17(20)22-4-2;1-8(15)10-6-14(7-11(10)9(2)16)12(17)18-13(3,4)5;1-3-14-9(12)7-5-11-6-8(7)10(13)15-4-2;1-9(2,3)14-7(11)13-8(12)15-10(4,5)6;/h5-9,14-15H,3-4,10-12H2,1-2H3;10-11H,6-7H2,1-5H3;7-8,11H,3-6H2,1-2H3;1-6H3;1H/t14-,15-;10-,11-;7-,8-;;/m010../s1. The molecule has 4 rings (SSSR count). The highest BCUT2D eigenvalue weighted by Crippen LogP contribution is 2.29. The average molecular weight is 996 g/mol. The smallest absolute Gasteiger partial charge is 0.466 e. The van der Waals surface area contributed by atoms with E-state index in [4.69, 9.17) is 33.2 Å². The monoisotopic (exact) mass is 996 g/mol. The van der Waals surface area contributed by atoms with Crippen LogP contribution in [0.2, 0.25) is 0 Å². The number of benzene rings is 1. The Balaban J connectivity index is 0.000000929. The first-order chi connectivity index (χ1) is 32.5. The van der Waals surface area contributed by atoms with Crippen molar-refractivity contribution in [2.45, 2.75) is 127 Å². The summed E-state index contributed by atoms with van der Waals surface area (Å²) in [5, 5.41) is 3.00. The van der Waals surface area contributed by atoms with Gasteiger partial charge in [0, 0.05) is 59.1 Å². The summed E-state index contributed by atoms with van der Waals surface area (Å²) >= 11 is 0. The molecule has 3 heterocycles. The Labute approximate surface area is 414 Å². The Hall–Kier alpha value is -5.63. The number of carbonyl (C=O) groups excluding carboxylic acids is 9. The van der Waals surface area contributed by atoms with Gasteiger partial charge in [-0.05, 0) is 109 Å². The van der Waals surface area contributed by atoms with Crippen LogP contribution in [0.3, 0.4) is 0 Å². The molecule has 0 aliphatic carbocycles. The molecule has 1 N–H and O–H groups in total. The second kappa shape index (κ2) is 29.5. The number of Topliss-reactive ketones (excluding diaryl/α,β-unsaturated/α-hetero) is 2. The fraction of sp³-hybridized carbons (Fsp3) is 0.700. The molecule has 0 spiro atoms. The summed E-state index contributed by atoms with van der Waals surface area (Å²) in [6.07, 6.45) is -2.58. The number of nitrogens with zero attached hydrogens (tertiary/aromatic N) is 2. The lowest BCUT2D eigenvalue weighted by molar-refractivity contribution is -0.157. The predicted octanol–water partition coefficient (Wildman–Crippen LogP) is 6.58. The van der Waals surface area contributed by atoms with Crippen LogP contribution < -0.4 is 5.32 Å². The van der Waals surface area contributed by atoms with Crippen molar-refractivity contribution in [1.29, 1.82) is 0 Å². The molecule has 1 aromatic rings. The molecule has 0 saturated carbocycles. The van der Waals surface area contributed by atoms with E-state index in [2.05, 4.69) is 15.0 Å². The molecule has 0 unspecified atom stereocenters. The van der Waals surface area contributed by atoms with Crippen molar-refractivity contribution in [1.82, 2.24) is 15.1 Å². The van der Waals surface area contributed by atoms with Gasteiger partial charge in [0.25, 0.3) is 0 Å². The van der Waals surface area contributed by atoms with Crippen LogP contribution in [0.25, 0.3) is 0 Å². The molecule has 1 amide bonds. The van der Waals surface area contributed by atoms with E-state index in [1.807, 2.05) is 30.3 Å². The molecular weight excluding hydrogens is 915 g/mol. The van der Waals surface area contributed by atoms with Gasteiger partial charge in [-0.15, -0.1) is 0 Å². The highest BCUT2D eigenvalue weighted by Gasteiger charge is 2.44. The Morgan fingerprint density at radius 3 is 1.17 bits per heavy atom. The molecule has 20 nitrogen and oxygen atoms in total. The normalized spacial score (nSPS) is 20.8. The van der Waals surface area contributed by atoms with E-state index >= 15 is 0 Å². The van der Waals surface area contributed by atoms with E-state index in [0.717, 1.165) is 5.56 Å². The highest BCUT2D eigenvalue weighted by atomic mass is 16.8. The summed E-state index contributed by atoms with van der Waals surface area (Å²) in [6, 6.07) is 10.0. The van der Waals surface area contributed by atoms with Gasteiger partial charge in [0.2, 0.25) is 0 Å². The van der Waals surface area contributed by atoms with Crippen molar-refractivity contribution in [3.63, 3.8) is 0 Å². The van der Waals surface area contributed by atoms with Crippen molar-refractivity contribution >= 4 is 53.8 Å². The number of rotatable bonds is 12. The van der Waals surface area contributed by atoms with Crippen molar-refractivity contribution in [2.75, 3.05) is 65.7 Å². The maximum absolute atomic E-state index is 12.1. The maximum Gasteiger partial charge on any atom is 0.519 e. The van der Waals surface area contributed by atoms with E-state index < -0.39 is 70.7 Å². The first kappa shape index (κ1) is 62.4. The van der Waals surface area contributed by atoms with Crippen LogP contribution in [0, 0.1) is 35.5 Å². The SMILES string of the molecule is CC(=O)[C@H]1CN(C(=O)OC(C)(C)C)C[C@@H]1C(C)=O.CC(C)(C)OC(=O)OC(=O)OC(C)(C)C.CCOC(=O)[C@H]1CN(Cc2ccccc2)C[C@@H]1C(=O)OCC.CCOC(=O)[C@H]1CNC[C@@H]1C(=O)OCC.[HH]. The molecule has 3 fully saturated rings. The van der Waals surface area contributed by atoms with Crippen LogP contribution in [0.1, 0.15) is 111 Å². The third-order valence-corrected chi connectivity index (χ3v) is 10.2. The van der Waals surface area contributed by atoms with Crippen LogP contribution >= 0.6 is 0 Å². The Morgan fingerprint density at radius 1 is 0.514 bits per heavy atom. The number of esters is 4. The van der Waals surface area contributed by atoms with E-state index in [9.17, 15) is 43.2 Å². The van der Waals surface area contributed by atoms with E-state index in [1.165, 1.54) is 18.7 Å². The summed E-state index contributed by atoms with van der Waals surface area (Å²) in [6.45, 7) is 29.9. The highest BCUT2D eigenvalue weighted by molar-refractivity contribution is 5.89. The first-order valence-corrected chi connectivity index (χ1v) is 23.7. The third-order valence-electron chi connectivity index (χ3n) is 10.2. The number of hydrogen-bond acceptors (Lipinski definition) is 19.